The number of ether oxygens (including phenoxy) is 1. The van der Waals surface area contributed by atoms with E-state index in [4.69, 9.17) is 4.74 Å². The molecular weight excluding hydrogens is 326 g/mol. The van der Waals surface area contributed by atoms with E-state index < -0.39 is 10.2 Å². The largest absolute Gasteiger partial charge is 0.474 e. The van der Waals surface area contributed by atoms with Crippen LogP contribution in [0.2, 0.25) is 0 Å². The third-order valence-corrected chi connectivity index (χ3v) is 6.60. The summed E-state index contributed by atoms with van der Waals surface area (Å²) < 4.78 is 35.4. The SMILES string of the molecule is CC1CCCCN1S(=O)(=O)NCc1cccnc1OC1CCCC1. The average molecular weight is 353 g/mol. The molecule has 1 unspecified atom stereocenters. The Morgan fingerprint density at radius 1 is 1.25 bits per heavy atom. The summed E-state index contributed by atoms with van der Waals surface area (Å²) in [5.41, 5.74) is 0.789. The van der Waals surface area contributed by atoms with Crippen LogP contribution in [0.5, 0.6) is 5.88 Å². The van der Waals surface area contributed by atoms with Gasteiger partial charge in [0.25, 0.3) is 10.2 Å². The third kappa shape index (κ3) is 4.26. The van der Waals surface area contributed by atoms with Gasteiger partial charge in [0.05, 0.1) is 0 Å². The van der Waals surface area contributed by atoms with E-state index in [-0.39, 0.29) is 18.7 Å². The Bertz CT molecular complexity index is 644. The van der Waals surface area contributed by atoms with Crippen LogP contribution in [-0.2, 0) is 16.8 Å². The summed E-state index contributed by atoms with van der Waals surface area (Å²) in [5.74, 6) is 0.554. The van der Waals surface area contributed by atoms with Crippen LogP contribution in [0.4, 0.5) is 0 Å². The average Bonchev–Trinajstić information content (AvgIpc) is 3.07. The number of nitrogens with one attached hydrogen (secondary N) is 1. The summed E-state index contributed by atoms with van der Waals surface area (Å²) in [5, 5.41) is 0. The second-order valence-electron chi connectivity index (χ2n) is 6.77. The number of pyridine rings is 1. The fraction of sp³-hybridized carbons (Fsp3) is 0.706. The van der Waals surface area contributed by atoms with E-state index in [1.807, 2.05) is 19.1 Å². The minimum atomic E-state index is -3.47. The number of hydrogen-bond acceptors (Lipinski definition) is 4. The smallest absolute Gasteiger partial charge is 0.279 e. The molecule has 1 N–H and O–H groups in total. The van der Waals surface area contributed by atoms with Gasteiger partial charge in [0, 0.05) is 30.9 Å². The Morgan fingerprint density at radius 3 is 2.75 bits per heavy atom. The molecule has 1 saturated heterocycles. The van der Waals surface area contributed by atoms with Gasteiger partial charge in [-0.25, -0.2) is 4.98 Å². The van der Waals surface area contributed by atoms with Crippen LogP contribution in [0.15, 0.2) is 18.3 Å². The van der Waals surface area contributed by atoms with Crippen molar-refractivity contribution in [3.63, 3.8) is 0 Å². The summed E-state index contributed by atoms with van der Waals surface area (Å²) in [6, 6.07) is 3.74. The van der Waals surface area contributed by atoms with Crippen molar-refractivity contribution in [2.45, 2.75) is 70.6 Å². The van der Waals surface area contributed by atoms with Gasteiger partial charge < -0.3 is 4.74 Å². The molecule has 1 aliphatic heterocycles. The maximum Gasteiger partial charge on any atom is 0.279 e. The summed E-state index contributed by atoms with van der Waals surface area (Å²) in [6.45, 7) is 2.77. The van der Waals surface area contributed by atoms with Crippen molar-refractivity contribution in [3.8, 4) is 5.88 Å². The van der Waals surface area contributed by atoms with Crippen LogP contribution < -0.4 is 9.46 Å². The summed E-state index contributed by atoms with van der Waals surface area (Å²) >= 11 is 0. The van der Waals surface area contributed by atoms with Gasteiger partial charge in [0.1, 0.15) is 6.10 Å². The molecule has 1 aliphatic carbocycles. The van der Waals surface area contributed by atoms with Gasteiger partial charge in [-0.2, -0.15) is 17.4 Å². The molecule has 1 aromatic rings. The Kier molecular flexibility index (Phi) is 5.73. The molecule has 1 aromatic heterocycles. The van der Waals surface area contributed by atoms with Gasteiger partial charge in [-0.15, -0.1) is 0 Å². The Labute approximate surface area is 144 Å². The Hall–Kier alpha value is -1.18. The summed E-state index contributed by atoms with van der Waals surface area (Å²) in [7, 11) is -3.47. The molecule has 0 aromatic carbocycles. The van der Waals surface area contributed by atoms with Crippen molar-refractivity contribution < 1.29 is 13.2 Å². The highest BCUT2D eigenvalue weighted by molar-refractivity contribution is 7.87. The zero-order valence-corrected chi connectivity index (χ0v) is 15.1. The lowest BCUT2D eigenvalue weighted by atomic mass is 10.1. The second kappa shape index (κ2) is 7.80. The van der Waals surface area contributed by atoms with E-state index in [1.165, 1.54) is 12.8 Å². The first-order valence-corrected chi connectivity index (χ1v) is 10.4. The van der Waals surface area contributed by atoms with Crippen LogP contribution >= 0.6 is 0 Å². The van der Waals surface area contributed by atoms with Crippen LogP contribution in [0.25, 0.3) is 0 Å². The minimum absolute atomic E-state index is 0.0550. The van der Waals surface area contributed by atoms with Crippen LogP contribution in [-0.4, -0.2) is 36.4 Å². The van der Waals surface area contributed by atoms with Crippen LogP contribution in [0.3, 0.4) is 0 Å². The molecule has 0 amide bonds. The highest BCUT2D eigenvalue weighted by Crippen LogP contribution is 2.25. The van der Waals surface area contributed by atoms with Gasteiger partial charge in [-0.3, -0.25) is 0 Å². The standard InChI is InChI=1S/C17H27N3O3S/c1-14-7-4-5-12-20(14)24(21,22)19-13-15-8-6-11-18-17(15)23-16-9-2-3-10-16/h6,8,11,14,16,19H,2-5,7,9-10,12-13H2,1H3. The van der Waals surface area contributed by atoms with E-state index in [1.54, 1.807) is 10.5 Å². The summed E-state index contributed by atoms with van der Waals surface area (Å²) in [6.07, 6.45) is 9.30. The molecule has 24 heavy (non-hydrogen) atoms. The molecular formula is C17H27N3O3S. The molecule has 6 nitrogen and oxygen atoms in total. The molecule has 7 heteroatoms. The van der Waals surface area contributed by atoms with E-state index in [0.29, 0.717) is 12.4 Å². The van der Waals surface area contributed by atoms with Crippen LogP contribution in [0.1, 0.15) is 57.4 Å². The molecule has 2 aliphatic rings. The van der Waals surface area contributed by atoms with E-state index >= 15 is 0 Å². The topological polar surface area (TPSA) is 71.5 Å². The first kappa shape index (κ1) is 17.6. The fourth-order valence-electron chi connectivity index (χ4n) is 3.51. The maximum absolute atomic E-state index is 12.6. The first-order valence-electron chi connectivity index (χ1n) is 8.93. The number of nitrogens with zero attached hydrogens (tertiary/aromatic N) is 2. The zero-order chi connectivity index (χ0) is 17.0. The molecule has 1 atom stereocenters. The lowest BCUT2D eigenvalue weighted by molar-refractivity contribution is 0.199. The van der Waals surface area contributed by atoms with E-state index in [9.17, 15) is 8.42 Å². The lowest BCUT2D eigenvalue weighted by Gasteiger charge is -2.32. The molecule has 3 rings (SSSR count). The first-order chi connectivity index (χ1) is 11.6. The van der Waals surface area contributed by atoms with Crippen molar-refractivity contribution >= 4 is 10.2 Å². The van der Waals surface area contributed by atoms with Gasteiger partial charge in [0.2, 0.25) is 5.88 Å². The van der Waals surface area contributed by atoms with Crippen LogP contribution in [0, 0.1) is 0 Å². The van der Waals surface area contributed by atoms with Crippen molar-refractivity contribution in [2.75, 3.05) is 6.54 Å². The number of aromatic nitrogens is 1. The molecule has 2 heterocycles. The minimum Gasteiger partial charge on any atom is -0.474 e. The summed E-state index contributed by atoms with van der Waals surface area (Å²) in [4.78, 5) is 4.30. The predicted molar refractivity (Wildman–Crippen MR) is 92.9 cm³/mol. The maximum atomic E-state index is 12.6. The highest BCUT2D eigenvalue weighted by atomic mass is 32.2. The predicted octanol–water partition coefficient (Wildman–Crippen LogP) is 2.61. The molecule has 0 radical (unpaired) electrons. The highest BCUT2D eigenvalue weighted by Gasteiger charge is 2.29. The fourth-order valence-corrected chi connectivity index (χ4v) is 4.96. The van der Waals surface area contributed by atoms with E-state index in [0.717, 1.165) is 37.7 Å². The van der Waals surface area contributed by atoms with Gasteiger partial charge in [-0.1, -0.05) is 12.5 Å². The third-order valence-electron chi connectivity index (χ3n) is 4.93. The Morgan fingerprint density at radius 2 is 2.00 bits per heavy atom. The lowest BCUT2D eigenvalue weighted by Crippen LogP contribution is -2.47. The van der Waals surface area contributed by atoms with Gasteiger partial charge >= 0.3 is 0 Å². The van der Waals surface area contributed by atoms with Crippen molar-refractivity contribution in [1.82, 2.24) is 14.0 Å². The monoisotopic (exact) mass is 353 g/mol. The van der Waals surface area contributed by atoms with Gasteiger partial charge in [0.15, 0.2) is 0 Å². The van der Waals surface area contributed by atoms with Crippen molar-refractivity contribution in [2.24, 2.45) is 0 Å². The Balaban J connectivity index is 1.65. The molecule has 0 spiro atoms. The number of hydrogen-bond donors (Lipinski definition) is 1. The quantitative estimate of drug-likeness (QED) is 0.853. The molecule has 134 valence electrons. The van der Waals surface area contributed by atoms with Crippen molar-refractivity contribution in [3.05, 3.63) is 23.9 Å². The molecule has 2 fully saturated rings. The number of piperidine rings is 1. The van der Waals surface area contributed by atoms with Crippen molar-refractivity contribution in [1.29, 1.82) is 0 Å². The normalized spacial score (nSPS) is 23.5. The molecule has 1 saturated carbocycles. The second-order valence-corrected chi connectivity index (χ2v) is 8.48. The molecule has 0 bridgehead atoms. The number of rotatable bonds is 6. The van der Waals surface area contributed by atoms with Gasteiger partial charge in [-0.05, 0) is 51.5 Å². The van der Waals surface area contributed by atoms with E-state index in [2.05, 4.69) is 9.71 Å². The zero-order valence-electron chi connectivity index (χ0n) is 14.3.